The molecule has 1 aliphatic heterocycles. The second-order valence-corrected chi connectivity index (χ2v) is 4.89. The molecule has 1 aromatic rings. The molecule has 2 heterocycles. The zero-order valence-corrected chi connectivity index (χ0v) is 10.2. The SMILES string of the molecule is O=C1O[C@@H](CC(=O)c2cccs2)C(Cl)=C1Cl. The maximum Gasteiger partial charge on any atom is 0.351 e. The quantitative estimate of drug-likeness (QED) is 0.630. The summed E-state index contributed by atoms with van der Waals surface area (Å²) in [5.41, 5.74) is 0. The molecule has 6 heteroatoms. The van der Waals surface area contributed by atoms with Crippen LogP contribution >= 0.6 is 34.5 Å². The minimum atomic E-state index is -0.740. The minimum absolute atomic E-state index is 0.0291. The Morgan fingerprint density at radius 2 is 2.25 bits per heavy atom. The largest absolute Gasteiger partial charge is 0.452 e. The molecule has 0 spiro atoms. The normalized spacial score (nSPS) is 20.1. The van der Waals surface area contributed by atoms with Gasteiger partial charge in [-0.05, 0) is 11.4 Å². The molecule has 0 fully saturated rings. The van der Waals surface area contributed by atoms with Crippen molar-refractivity contribution >= 4 is 46.3 Å². The summed E-state index contributed by atoms with van der Waals surface area (Å²) in [4.78, 5) is 23.4. The van der Waals surface area contributed by atoms with Crippen molar-refractivity contribution < 1.29 is 14.3 Å². The van der Waals surface area contributed by atoms with Crippen molar-refractivity contribution in [3.8, 4) is 0 Å². The van der Waals surface area contributed by atoms with Crippen LogP contribution in [0.3, 0.4) is 0 Å². The topological polar surface area (TPSA) is 43.4 Å². The Labute approximate surface area is 106 Å². The van der Waals surface area contributed by atoms with Crippen LogP contribution in [0.5, 0.6) is 0 Å². The predicted octanol–water partition coefficient (Wildman–Crippen LogP) is 2.94. The van der Waals surface area contributed by atoms with Crippen molar-refractivity contribution in [1.82, 2.24) is 0 Å². The number of hydrogen-bond donors (Lipinski definition) is 0. The van der Waals surface area contributed by atoms with Crippen LogP contribution in [0.1, 0.15) is 16.1 Å². The van der Waals surface area contributed by atoms with E-state index in [0.717, 1.165) is 0 Å². The first-order valence-electron chi connectivity index (χ1n) is 4.42. The van der Waals surface area contributed by atoms with E-state index in [1.165, 1.54) is 11.3 Å². The third kappa shape index (κ3) is 2.14. The van der Waals surface area contributed by atoms with E-state index in [-0.39, 0.29) is 22.3 Å². The number of cyclic esters (lactones) is 1. The van der Waals surface area contributed by atoms with E-state index in [1.807, 2.05) is 0 Å². The molecular formula is C10H6Cl2O3S. The van der Waals surface area contributed by atoms with Gasteiger partial charge in [-0.2, -0.15) is 0 Å². The molecule has 0 unspecified atom stereocenters. The minimum Gasteiger partial charge on any atom is -0.452 e. The second kappa shape index (κ2) is 4.57. The van der Waals surface area contributed by atoms with Gasteiger partial charge in [0.25, 0.3) is 0 Å². The summed E-state index contributed by atoms with van der Waals surface area (Å²) in [6.07, 6.45) is -0.710. The lowest BCUT2D eigenvalue weighted by Crippen LogP contribution is -2.15. The molecule has 2 rings (SSSR count). The zero-order valence-electron chi connectivity index (χ0n) is 7.91. The molecule has 1 aromatic heterocycles. The number of rotatable bonds is 3. The standard InChI is InChI=1S/C10H6Cl2O3S/c11-8-6(15-10(14)9(8)12)4-5(13)7-2-1-3-16-7/h1-3,6H,4H2/t6-/m0/s1. The molecule has 84 valence electrons. The van der Waals surface area contributed by atoms with Crippen LogP contribution in [0.4, 0.5) is 0 Å². The van der Waals surface area contributed by atoms with Crippen LogP contribution in [0.2, 0.25) is 0 Å². The van der Waals surface area contributed by atoms with Crippen molar-refractivity contribution in [2.45, 2.75) is 12.5 Å². The van der Waals surface area contributed by atoms with E-state index in [4.69, 9.17) is 27.9 Å². The van der Waals surface area contributed by atoms with E-state index >= 15 is 0 Å². The van der Waals surface area contributed by atoms with Crippen LogP contribution in [0.25, 0.3) is 0 Å². The third-order valence-electron chi connectivity index (χ3n) is 2.09. The summed E-state index contributed by atoms with van der Waals surface area (Å²) in [5, 5.41) is 1.78. The van der Waals surface area contributed by atoms with E-state index in [1.54, 1.807) is 17.5 Å². The highest BCUT2D eigenvalue weighted by Gasteiger charge is 2.33. The third-order valence-corrected chi connectivity index (χ3v) is 3.89. The molecule has 0 amide bonds. The number of Topliss-reactive ketones (excluding diaryl/α,β-unsaturated/α-hetero) is 1. The van der Waals surface area contributed by atoms with Crippen molar-refractivity contribution in [2.75, 3.05) is 0 Å². The number of esters is 1. The molecule has 0 bridgehead atoms. The fourth-order valence-electron chi connectivity index (χ4n) is 1.31. The molecular weight excluding hydrogens is 271 g/mol. The van der Waals surface area contributed by atoms with Gasteiger partial charge in [0, 0.05) is 0 Å². The number of carbonyl (C=O) groups is 2. The Kier molecular flexibility index (Phi) is 3.33. The summed E-state index contributed by atoms with van der Waals surface area (Å²) >= 11 is 12.7. The predicted molar refractivity (Wildman–Crippen MR) is 61.9 cm³/mol. The summed E-state index contributed by atoms with van der Waals surface area (Å²) < 4.78 is 4.86. The maximum absolute atomic E-state index is 11.7. The summed E-state index contributed by atoms with van der Waals surface area (Å²) in [7, 11) is 0. The Morgan fingerprint density at radius 1 is 1.50 bits per heavy atom. The van der Waals surface area contributed by atoms with E-state index < -0.39 is 12.1 Å². The average Bonchev–Trinajstić information content (AvgIpc) is 2.85. The number of thiophene rings is 1. The Bertz CT molecular complexity index is 464. The molecule has 0 radical (unpaired) electrons. The molecule has 16 heavy (non-hydrogen) atoms. The lowest BCUT2D eigenvalue weighted by atomic mass is 10.1. The molecule has 0 N–H and O–H groups in total. The Hall–Kier alpha value is -0.840. The highest BCUT2D eigenvalue weighted by atomic mass is 35.5. The van der Waals surface area contributed by atoms with Gasteiger partial charge in [0.05, 0.1) is 16.3 Å². The summed E-state index contributed by atoms with van der Waals surface area (Å²) in [5.74, 6) is -0.784. The number of halogens is 2. The number of hydrogen-bond acceptors (Lipinski definition) is 4. The summed E-state index contributed by atoms with van der Waals surface area (Å²) in [6, 6.07) is 3.49. The zero-order chi connectivity index (χ0) is 11.7. The van der Waals surface area contributed by atoms with Crippen LogP contribution in [0, 0.1) is 0 Å². The van der Waals surface area contributed by atoms with Crippen LogP contribution in [0.15, 0.2) is 27.6 Å². The van der Waals surface area contributed by atoms with Gasteiger partial charge in [-0.3, -0.25) is 4.79 Å². The first kappa shape index (κ1) is 11.6. The average molecular weight is 277 g/mol. The fourth-order valence-corrected chi connectivity index (χ4v) is 2.35. The summed E-state index contributed by atoms with van der Waals surface area (Å²) in [6.45, 7) is 0. The van der Waals surface area contributed by atoms with Crippen molar-refractivity contribution in [2.24, 2.45) is 0 Å². The molecule has 0 saturated carbocycles. The maximum atomic E-state index is 11.7. The first-order chi connectivity index (χ1) is 7.59. The number of carbonyl (C=O) groups excluding carboxylic acids is 2. The van der Waals surface area contributed by atoms with Gasteiger partial charge in [0.1, 0.15) is 11.1 Å². The van der Waals surface area contributed by atoms with Gasteiger partial charge in [0.2, 0.25) is 0 Å². The van der Waals surface area contributed by atoms with Gasteiger partial charge < -0.3 is 4.74 Å². The number of ether oxygens (including phenoxy) is 1. The molecule has 0 aliphatic carbocycles. The smallest absolute Gasteiger partial charge is 0.351 e. The van der Waals surface area contributed by atoms with Gasteiger partial charge in [0.15, 0.2) is 5.78 Å². The van der Waals surface area contributed by atoms with Gasteiger partial charge in [-0.25, -0.2) is 4.79 Å². The lowest BCUT2D eigenvalue weighted by Gasteiger charge is -2.07. The molecule has 3 nitrogen and oxygen atoms in total. The van der Waals surface area contributed by atoms with E-state index in [9.17, 15) is 9.59 Å². The Balaban J connectivity index is 2.08. The molecule has 0 aromatic carbocycles. The second-order valence-electron chi connectivity index (χ2n) is 3.16. The van der Waals surface area contributed by atoms with Crippen LogP contribution < -0.4 is 0 Å². The van der Waals surface area contributed by atoms with E-state index in [0.29, 0.717) is 4.88 Å². The highest BCUT2D eigenvalue weighted by Crippen LogP contribution is 2.31. The lowest BCUT2D eigenvalue weighted by molar-refractivity contribution is -0.138. The first-order valence-corrected chi connectivity index (χ1v) is 6.06. The van der Waals surface area contributed by atoms with Crippen molar-refractivity contribution in [1.29, 1.82) is 0 Å². The molecule has 1 atom stereocenters. The van der Waals surface area contributed by atoms with Crippen molar-refractivity contribution in [3.63, 3.8) is 0 Å². The van der Waals surface area contributed by atoms with Gasteiger partial charge in [-0.15, -0.1) is 11.3 Å². The van der Waals surface area contributed by atoms with E-state index in [2.05, 4.69) is 0 Å². The monoisotopic (exact) mass is 276 g/mol. The van der Waals surface area contributed by atoms with Crippen LogP contribution in [-0.4, -0.2) is 17.9 Å². The Morgan fingerprint density at radius 3 is 2.75 bits per heavy atom. The molecule has 0 saturated heterocycles. The van der Waals surface area contributed by atoms with Crippen LogP contribution in [-0.2, 0) is 9.53 Å². The molecule has 1 aliphatic rings. The van der Waals surface area contributed by atoms with Gasteiger partial charge >= 0.3 is 5.97 Å². The van der Waals surface area contributed by atoms with Gasteiger partial charge in [-0.1, -0.05) is 29.3 Å². The fraction of sp³-hybridized carbons (Fsp3) is 0.200. The number of ketones is 1. The van der Waals surface area contributed by atoms with Crippen molar-refractivity contribution in [3.05, 3.63) is 32.5 Å². The highest BCUT2D eigenvalue weighted by molar-refractivity contribution is 7.12.